The maximum Gasteiger partial charge on any atom is 0.0159 e. The maximum atomic E-state index is 2.35. The van der Waals surface area contributed by atoms with E-state index in [0.29, 0.717) is 0 Å². The molecule has 0 aromatic heterocycles. The van der Waals surface area contributed by atoms with Crippen molar-refractivity contribution in [3.8, 4) is 11.1 Å². The molecule has 0 bridgehead atoms. The Kier molecular flexibility index (Phi) is 2.34. The molecular weight excluding hydrogens is 224 g/mol. The maximum absolute atomic E-state index is 2.35. The van der Waals surface area contributed by atoms with Crippen LogP contribution in [0.25, 0.3) is 11.1 Å². The first-order chi connectivity index (χ1) is 8.14. The molecule has 0 saturated carbocycles. The normalized spacial score (nSPS) is 15.5. The molecule has 0 atom stereocenters. The molecule has 0 spiro atoms. The molecule has 2 aromatic rings. The largest absolute Gasteiger partial charge is 0.130 e. The molecule has 2 aromatic carbocycles. The molecular formula is C16H16S. The molecule has 1 heteroatoms. The Balaban J connectivity index is 2.32. The molecule has 17 heavy (non-hydrogen) atoms. The lowest BCUT2D eigenvalue weighted by Crippen LogP contribution is -2.14. The summed E-state index contributed by atoms with van der Waals surface area (Å²) in [5.41, 5.74) is 5.86. The van der Waals surface area contributed by atoms with E-state index in [4.69, 9.17) is 0 Å². The minimum absolute atomic E-state index is 0.137. The van der Waals surface area contributed by atoms with E-state index in [1.165, 1.54) is 27.1 Å². The fourth-order valence-corrected chi connectivity index (χ4v) is 3.25. The van der Waals surface area contributed by atoms with Crippen LogP contribution < -0.4 is 0 Å². The summed E-state index contributed by atoms with van der Waals surface area (Å²) < 4.78 is 0. The van der Waals surface area contributed by atoms with Gasteiger partial charge in [0.05, 0.1) is 0 Å². The molecule has 0 aliphatic heterocycles. The van der Waals surface area contributed by atoms with Crippen molar-refractivity contribution in [2.24, 2.45) is 0 Å². The van der Waals surface area contributed by atoms with Gasteiger partial charge in [-0.25, -0.2) is 0 Å². The number of rotatable bonds is 1. The summed E-state index contributed by atoms with van der Waals surface area (Å²) in [6, 6.07) is 15.6. The predicted octanol–water partition coefficient (Wildman–Crippen LogP) is 4.71. The van der Waals surface area contributed by atoms with Gasteiger partial charge in [-0.3, -0.25) is 0 Å². The SMILES string of the molecule is CSc1ccc2c(c1)C(C)(C)c1ccccc1-2. The van der Waals surface area contributed by atoms with Gasteiger partial charge in [0.1, 0.15) is 0 Å². The van der Waals surface area contributed by atoms with E-state index in [1.807, 2.05) is 11.8 Å². The predicted molar refractivity (Wildman–Crippen MR) is 75.8 cm³/mol. The molecule has 0 saturated heterocycles. The number of hydrogen-bond acceptors (Lipinski definition) is 1. The van der Waals surface area contributed by atoms with Crippen molar-refractivity contribution >= 4 is 11.8 Å². The molecule has 0 amide bonds. The van der Waals surface area contributed by atoms with E-state index < -0.39 is 0 Å². The van der Waals surface area contributed by atoms with Gasteiger partial charge in [0.2, 0.25) is 0 Å². The van der Waals surface area contributed by atoms with Gasteiger partial charge in [0.25, 0.3) is 0 Å². The van der Waals surface area contributed by atoms with Crippen molar-refractivity contribution in [2.75, 3.05) is 6.26 Å². The lowest BCUT2D eigenvalue weighted by Gasteiger charge is -2.21. The van der Waals surface area contributed by atoms with Crippen molar-refractivity contribution < 1.29 is 0 Å². The van der Waals surface area contributed by atoms with Crippen LogP contribution in [0.3, 0.4) is 0 Å². The second-order valence-electron chi connectivity index (χ2n) is 5.08. The monoisotopic (exact) mass is 240 g/mol. The fraction of sp³-hybridized carbons (Fsp3) is 0.250. The van der Waals surface area contributed by atoms with E-state index in [-0.39, 0.29) is 5.41 Å². The third kappa shape index (κ3) is 1.45. The van der Waals surface area contributed by atoms with Crippen LogP contribution in [0.2, 0.25) is 0 Å². The molecule has 0 unspecified atom stereocenters. The third-order valence-electron chi connectivity index (χ3n) is 3.79. The van der Waals surface area contributed by atoms with Crippen molar-refractivity contribution in [1.82, 2.24) is 0 Å². The highest BCUT2D eigenvalue weighted by molar-refractivity contribution is 7.98. The summed E-state index contributed by atoms with van der Waals surface area (Å²) in [5, 5.41) is 0. The van der Waals surface area contributed by atoms with Gasteiger partial charge in [-0.15, -0.1) is 11.8 Å². The van der Waals surface area contributed by atoms with Crippen LogP contribution in [-0.2, 0) is 5.41 Å². The molecule has 0 fully saturated rings. The van der Waals surface area contributed by atoms with Crippen molar-refractivity contribution in [3.05, 3.63) is 53.6 Å². The van der Waals surface area contributed by atoms with Gasteiger partial charge in [0.15, 0.2) is 0 Å². The highest BCUT2D eigenvalue weighted by atomic mass is 32.2. The standard InChI is InChI=1S/C16H16S/c1-16(2)14-7-5-4-6-12(14)13-9-8-11(17-3)10-15(13)16/h4-10H,1-3H3. The van der Waals surface area contributed by atoms with Crippen LogP contribution in [0.15, 0.2) is 47.4 Å². The molecule has 3 rings (SSSR count). The Labute approximate surface area is 107 Å². The summed E-state index contributed by atoms with van der Waals surface area (Å²) in [6.07, 6.45) is 2.14. The average molecular weight is 240 g/mol. The van der Waals surface area contributed by atoms with E-state index in [1.54, 1.807) is 0 Å². The molecule has 1 aliphatic carbocycles. The lowest BCUT2D eigenvalue weighted by atomic mass is 9.82. The van der Waals surface area contributed by atoms with Crippen LogP contribution in [0.5, 0.6) is 0 Å². The minimum atomic E-state index is 0.137. The minimum Gasteiger partial charge on any atom is -0.130 e. The van der Waals surface area contributed by atoms with E-state index in [0.717, 1.165) is 0 Å². The van der Waals surface area contributed by atoms with Crippen molar-refractivity contribution in [1.29, 1.82) is 0 Å². The highest BCUT2D eigenvalue weighted by Gasteiger charge is 2.34. The summed E-state index contributed by atoms with van der Waals surface area (Å²) >= 11 is 1.81. The molecule has 86 valence electrons. The Morgan fingerprint density at radius 3 is 2.35 bits per heavy atom. The van der Waals surface area contributed by atoms with Crippen molar-refractivity contribution in [3.63, 3.8) is 0 Å². The lowest BCUT2D eigenvalue weighted by molar-refractivity contribution is 0.658. The van der Waals surface area contributed by atoms with Crippen LogP contribution in [0.4, 0.5) is 0 Å². The molecule has 0 N–H and O–H groups in total. The first-order valence-electron chi connectivity index (χ1n) is 5.93. The quantitative estimate of drug-likeness (QED) is 0.650. The second-order valence-corrected chi connectivity index (χ2v) is 5.96. The Morgan fingerprint density at radius 1 is 0.882 bits per heavy atom. The molecule has 0 nitrogen and oxygen atoms in total. The topological polar surface area (TPSA) is 0 Å². The zero-order valence-electron chi connectivity index (χ0n) is 10.4. The Bertz CT molecular complexity index is 582. The van der Waals surface area contributed by atoms with Gasteiger partial charge >= 0.3 is 0 Å². The highest BCUT2D eigenvalue weighted by Crippen LogP contribution is 2.49. The number of hydrogen-bond donors (Lipinski definition) is 0. The molecule has 0 radical (unpaired) electrons. The van der Waals surface area contributed by atoms with Gasteiger partial charge < -0.3 is 0 Å². The van der Waals surface area contributed by atoms with Crippen LogP contribution in [0, 0.1) is 0 Å². The van der Waals surface area contributed by atoms with Gasteiger partial charge in [-0.1, -0.05) is 44.2 Å². The van der Waals surface area contributed by atoms with Crippen LogP contribution in [-0.4, -0.2) is 6.26 Å². The van der Waals surface area contributed by atoms with E-state index in [2.05, 4.69) is 62.6 Å². The first-order valence-corrected chi connectivity index (χ1v) is 7.15. The zero-order chi connectivity index (χ0) is 12.0. The van der Waals surface area contributed by atoms with Gasteiger partial charge in [-0.05, 0) is 40.6 Å². The van der Waals surface area contributed by atoms with Crippen LogP contribution in [0.1, 0.15) is 25.0 Å². The van der Waals surface area contributed by atoms with E-state index in [9.17, 15) is 0 Å². The second kappa shape index (κ2) is 3.64. The van der Waals surface area contributed by atoms with Gasteiger partial charge in [-0.2, -0.15) is 0 Å². The van der Waals surface area contributed by atoms with E-state index >= 15 is 0 Å². The van der Waals surface area contributed by atoms with Crippen LogP contribution >= 0.6 is 11.8 Å². The average Bonchev–Trinajstić information content (AvgIpc) is 2.59. The summed E-state index contributed by atoms with van der Waals surface area (Å²) in [5.74, 6) is 0. The number of thioether (sulfide) groups is 1. The zero-order valence-corrected chi connectivity index (χ0v) is 11.3. The molecule has 1 aliphatic rings. The summed E-state index contributed by atoms with van der Waals surface area (Å²) in [7, 11) is 0. The number of benzene rings is 2. The fourth-order valence-electron chi connectivity index (χ4n) is 2.81. The summed E-state index contributed by atoms with van der Waals surface area (Å²) in [4.78, 5) is 1.35. The number of fused-ring (bicyclic) bond motifs is 3. The summed E-state index contributed by atoms with van der Waals surface area (Å²) in [6.45, 7) is 4.64. The molecule has 0 heterocycles. The first kappa shape index (κ1) is 10.9. The Hall–Kier alpha value is -1.21. The third-order valence-corrected chi connectivity index (χ3v) is 4.52. The van der Waals surface area contributed by atoms with Gasteiger partial charge in [0, 0.05) is 10.3 Å². The van der Waals surface area contributed by atoms with Crippen molar-refractivity contribution in [2.45, 2.75) is 24.2 Å². The smallest absolute Gasteiger partial charge is 0.0159 e. The Morgan fingerprint density at radius 2 is 1.59 bits per heavy atom.